The molecule has 0 aliphatic carbocycles. The third-order valence-corrected chi connectivity index (χ3v) is 7.74. The van der Waals surface area contributed by atoms with Crippen LogP contribution >= 0.6 is 0 Å². The van der Waals surface area contributed by atoms with Gasteiger partial charge in [0.15, 0.2) is 0 Å². The first kappa shape index (κ1) is 25.0. The lowest BCUT2D eigenvalue weighted by Gasteiger charge is -2.26. The highest BCUT2D eigenvalue weighted by molar-refractivity contribution is 5.90. The lowest BCUT2D eigenvalue weighted by Crippen LogP contribution is -2.22. The fourth-order valence-corrected chi connectivity index (χ4v) is 5.68. The third kappa shape index (κ3) is 4.69. The van der Waals surface area contributed by atoms with E-state index in [0.717, 1.165) is 30.8 Å². The first-order valence-corrected chi connectivity index (χ1v) is 13.6. The molecule has 0 saturated carbocycles. The molecule has 0 radical (unpaired) electrons. The molecular formula is C34H26O7. The standard InChI is InChI=1S/C34H26O7/c35-24-7-5-21(6-8-24)28-19-40-34-26(33(28)37)9-11-30-32(34)27(18-31(36)41-30)22-2-1-3-25(17-22)38-14-12-20-4-10-29-23(16-20)13-15-39-29/h1-11,16-17,19,27,35H,12-15,18H2/t27-/m0/s1. The second kappa shape index (κ2) is 10.2. The second-order valence-corrected chi connectivity index (χ2v) is 10.3. The average molecular weight is 547 g/mol. The number of hydrogen-bond donors (Lipinski definition) is 1. The number of ether oxygens (including phenoxy) is 3. The van der Waals surface area contributed by atoms with Gasteiger partial charge in [-0.2, -0.15) is 0 Å². The molecule has 2 aliphatic heterocycles. The van der Waals surface area contributed by atoms with Gasteiger partial charge < -0.3 is 23.7 Å². The maximum Gasteiger partial charge on any atom is 0.312 e. The van der Waals surface area contributed by atoms with Crippen LogP contribution in [0.3, 0.4) is 0 Å². The number of fused-ring (bicyclic) bond motifs is 4. The van der Waals surface area contributed by atoms with Gasteiger partial charge in [-0.15, -0.1) is 0 Å². The van der Waals surface area contributed by atoms with Crippen molar-refractivity contribution in [3.8, 4) is 34.1 Å². The van der Waals surface area contributed by atoms with Crippen molar-refractivity contribution in [1.82, 2.24) is 0 Å². The number of phenolic OH excluding ortho intramolecular Hbond substituents is 1. The number of benzene rings is 4. The van der Waals surface area contributed by atoms with Crippen molar-refractivity contribution in [2.45, 2.75) is 25.2 Å². The molecule has 1 N–H and O–H groups in total. The molecule has 41 heavy (non-hydrogen) atoms. The summed E-state index contributed by atoms with van der Waals surface area (Å²) in [4.78, 5) is 26.1. The molecule has 0 fully saturated rings. The predicted octanol–water partition coefficient (Wildman–Crippen LogP) is 6.16. The molecule has 1 aromatic heterocycles. The molecule has 0 saturated heterocycles. The summed E-state index contributed by atoms with van der Waals surface area (Å²) in [6, 6.07) is 23.6. The minimum Gasteiger partial charge on any atom is -0.508 e. The van der Waals surface area contributed by atoms with Crippen molar-refractivity contribution in [3.05, 3.63) is 118 Å². The Kier molecular flexibility index (Phi) is 6.19. The monoisotopic (exact) mass is 546 g/mol. The minimum atomic E-state index is -0.377. The van der Waals surface area contributed by atoms with Crippen LogP contribution in [0.15, 0.2) is 94.3 Å². The van der Waals surface area contributed by atoms with E-state index in [-0.39, 0.29) is 29.5 Å². The van der Waals surface area contributed by atoms with E-state index in [1.165, 1.54) is 29.5 Å². The number of phenols is 1. The summed E-state index contributed by atoms with van der Waals surface area (Å²) in [6.45, 7) is 1.24. The lowest BCUT2D eigenvalue weighted by molar-refractivity contribution is -0.135. The minimum absolute atomic E-state index is 0.107. The van der Waals surface area contributed by atoms with E-state index in [9.17, 15) is 14.7 Å². The average Bonchev–Trinajstić information content (AvgIpc) is 3.46. The molecule has 7 heteroatoms. The Bertz CT molecular complexity index is 1850. The highest BCUT2D eigenvalue weighted by Crippen LogP contribution is 2.43. The van der Waals surface area contributed by atoms with Crippen molar-refractivity contribution in [2.75, 3.05) is 13.2 Å². The SMILES string of the molecule is O=C1C[C@@H](c2cccc(OCCc3ccc4c(c3)CCO4)c2)c2c(ccc3c(=O)c(-c4ccc(O)cc4)coc23)O1. The smallest absolute Gasteiger partial charge is 0.312 e. The zero-order valence-corrected chi connectivity index (χ0v) is 22.1. The van der Waals surface area contributed by atoms with E-state index >= 15 is 0 Å². The van der Waals surface area contributed by atoms with Crippen LogP contribution in [-0.4, -0.2) is 24.3 Å². The van der Waals surface area contributed by atoms with E-state index in [0.29, 0.717) is 45.8 Å². The van der Waals surface area contributed by atoms with Gasteiger partial charge >= 0.3 is 5.97 Å². The highest BCUT2D eigenvalue weighted by Gasteiger charge is 2.32. The van der Waals surface area contributed by atoms with Gasteiger partial charge in [0.05, 0.1) is 30.6 Å². The molecule has 0 spiro atoms. The molecule has 1 atom stereocenters. The quantitative estimate of drug-likeness (QED) is 0.201. The zero-order valence-electron chi connectivity index (χ0n) is 22.1. The van der Waals surface area contributed by atoms with Crippen molar-refractivity contribution in [3.63, 3.8) is 0 Å². The lowest BCUT2D eigenvalue weighted by atomic mass is 9.85. The topological polar surface area (TPSA) is 95.2 Å². The summed E-state index contributed by atoms with van der Waals surface area (Å²) in [5.41, 5.74) is 5.17. The largest absolute Gasteiger partial charge is 0.508 e. The van der Waals surface area contributed by atoms with Crippen LogP contribution in [0.1, 0.15) is 34.6 Å². The fraction of sp³-hybridized carbons (Fsp3) is 0.176. The highest BCUT2D eigenvalue weighted by atomic mass is 16.5. The molecule has 5 aromatic rings. The Labute approximate surface area is 235 Å². The van der Waals surface area contributed by atoms with Crippen molar-refractivity contribution in [1.29, 1.82) is 0 Å². The molecule has 0 unspecified atom stereocenters. The molecule has 0 amide bonds. The van der Waals surface area contributed by atoms with Crippen LogP contribution in [-0.2, 0) is 17.6 Å². The maximum absolute atomic E-state index is 13.5. The van der Waals surface area contributed by atoms with Gasteiger partial charge in [-0.1, -0.05) is 36.4 Å². The molecule has 204 valence electrons. The van der Waals surface area contributed by atoms with Crippen LogP contribution in [0, 0.1) is 0 Å². The second-order valence-electron chi connectivity index (χ2n) is 10.3. The van der Waals surface area contributed by atoms with Crippen molar-refractivity contribution >= 4 is 16.9 Å². The number of rotatable bonds is 6. The maximum atomic E-state index is 13.5. The van der Waals surface area contributed by atoms with Gasteiger partial charge in [-0.25, -0.2) is 0 Å². The summed E-state index contributed by atoms with van der Waals surface area (Å²) >= 11 is 0. The summed E-state index contributed by atoms with van der Waals surface area (Å²) in [5.74, 6) is 1.43. The van der Waals surface area contributed by atoms with Crippen LogP contribution < -0.4 is 19.6 Å². The van der Waals surface area contributed by atoms with Crippen LogP contribution in [0.2, 0.25) is 0 Å². The summed E-state index contributed by atoms with van der Waals surface area (Å²) in [5, 5.41) is 10.0. The van der Waals surface area contributed by atoms with E-state index in [2.05, 4.69) is 12.1 Å². The fourth-order valence-electron chi connectivity index (χ4n) is 5.68. The molecule has 0 bridgehead atoms. The van der Waals surface area contributed by atoms with Crippen LogP contribution in [0.5, 0.6) is 23.0 Å². The number of aromatic hydroxyl groups is 1. The van der Waals surface area contributed by atoms with Gasteiger partial charge in [0.25, 0.3) is 0 Å². The number of hydrogen-bond acceptors (Lipinski definition) is 7. The van der Waals surface area contributed by atoms with Crippen LogP contribution in [0.25, 0.3) is 22.1 Å². The Morgan fingerprint density at radius 3 is 2.66 bits per heavy atom. The Morgan fingerprint density at radius 2 is 1.78 bits per heavy atom. The normalized spacial score (nSPS) is 15.6. The molecular weight excluding hydrogens is 520 g/mol. The van der Waals surface area contributed by atoms with Gasteiger partial charge in [0, 0.05) is 24.3 Å². The predicted molar refractivity (Wildman–Crippen MR) is 153 cm³/mol. The van der Waals surface area contributed by atoms with Crippen LogP contribution in [0.4, 0.5) is 0 Å². The van der Waals surface area contributed by atoms with Crippen molar-refractivity contribution < 1.29 is 28.5 Å². The van der Waals surface area contributed by atoms with Gasteiger partial charge in [0.1, 0.15) is 34.8 Å². The van der Waals surface area contributed by atoms with Gasteiger partial charge in [0.2, 0.25) is 5.43 Å². The number of esters is 1. The summed E-state index contributed by atoms with van der Waals surface area (Å²) in [7, 11) is 0. The number of carbonyl (C=O) groups is 1. The van der Waals surface area contributed by atoms with Crippen molar-refractivity contribution in [2.24, 2.45) is 0 Å². The molecule has 7 nitrogen and oxygen atoms in total. The Balaban J connectivity index is 1.19. The van der Waals surface area contributed by atoms with E-state index < -0.39 is 0 Å². The van der Waals surface area contributed by atoms with Gasteiger partial charge in [-0.05, 0) is 64.7 Å². The first-order chi connectivity index (χ1) is 20.0. The summed E-state index contributed by atoms with van der Waals surface area (Å²) in [6.07, 6.45) is 3.23. The first-order valence-electron chi connectivity index (χ1n) is 13.6. The van der Waals surface area contributed by atoms with E-state index in [1.807, 2.05) is 30.3 Å². The van der Waals surface area contributed by atoms with E-state index in [4.69, 9.17) is 18.6 Å². The Hall–Kier alpha value is -5.04. The molecule has 2 aliphatic rings. The molecule has 4 aromatic carbocycles. The molecule has 7 rings (SSSR count). The third-order valence-electron chi connectivity index (χ3n) is 7.74. The van der Waals surface area contributed by atoms with Gasteiger partial charge in [-0.3, -0.25) is 9.59 Å². The molecule has 3 heterocycles. The number of carbonyl (C=O) groups excluding carboxylic acids is 1. The zero-order chi connectivity index (χ0) is 27.9. The summed E-state index contributed by atoms with van der Waals surface area (Å²) < 4.78 is 23.4. The van der Waals surface area contributed by atoms with E-state index in [1.54, 1.807) is 24.3 Å². The Morgan fingerprint density at radius 1 is 0.927 bits per heavy atom.